The lowest BCUT2D eigenvalue weighted by atomic mass is 9.88. The van der Waals surface area contributed by atoms with Gasteiger partial charge in [-0.3, -0.25) is 0 Å². The Hall–Kier alpha value is -1.85. The molecule has 0 amide bonds. The van der Waals surface area contributed by atoms with Crippen molar-refractivity contribution in [3.05, 3.63) is 24.7 Å². The third-order valence-corrected chi connectivity index (χ3v) is 4.59. The Kier molecular flexibility index (Phi) is 6.82. The van der Waals surface area contributed by atoms with E-state index in [9.17, 15) is 9.36 Å². The monoisotopic (exact) mass is 352 g/mol. The fourth-order valence-electron chi connectivity index (χ4n) is 2.56. The second-order valence-electron chi connectivity index (χ2n) is 6.09. The smallest absolute Gasteiger partial charge is 0.356 e. The summed E-state index contributed by atoms with van der Waals surface area (Å²) in [6.07, 6.45) is 8.19. The molecule has 130 valence electrons. The normalized spacial score (nSPS) is 20.5. The van der Waals surface area contributed by atoms with Gasteiger partial charge in [-0.1, -0.05) is 32.8 Å². The highest BCUT2D eigenvalue weighted by Crippen LogP contribution is 2.26. The zero-order valence-corrected chi connectivity index (χ0v) is 14.7. The van der Waals surface area contributed by atoms with Gasteiger partial charge in [0.2, 0.25) is 0 Å². The lowest BCUT2D eigenvalue weighted by Gasteiger charge is -2.18. The average molecular weight is 352 g/mol. The van der Waals surface area contributed by atoms with E-state index in [1.54, 1.807) is 18.3 Å². The highest BCUT2D eigenvalue weighted by atomic mass is 31.1. The fraction of sp³-hybridized carbons (Fsp3) is 0.562. The Morgan fingerprint density at radius 3 is 2.75 bits per heavy atom. The molecule has 7 nitrogen and oxygen atoms in total. The molecule has 2 unspecified atom stereocenters. The van der Waals surface area contributed by atoms with Crippen molar-refractivity contribution in [3.63, 3.8) is 0 Å². The molecule has 2 aliphatic rings. The number of hydrogen-bond donors (Lipinski definition) is 1. The topological polar surface area (TPSA) is 92.6 Å². The summed E-state index contributed by atoms with van der Waals surface area (Å²) in [4.78, 5) is 30.2. The molecule has 1 saturated carbocycles. The van der Waals surface area contributed by atoms with Gasteiger partial charge in [0.05, 0.1) is 5.92 Å². The van der Waals surface area contributed by atoms with Gasteiger partial charge in [0.1, 0.15) is 5.82 Å². The molecule has 3 rings (SSSR count). The first-order valence-electron chi connectivity index (χ1n) is 8.08. The van der Waals surface area contributed by atoms with Crippen LogP contribution < -0.4 is 4.90 Å². The molecular weight excluding hydrogens is 329 g/mol. The average Bonchev–Trinajstić information content (AvgIpc) is 3.03. The Labute approximate surface area is 142 Å². The number of anilines is 1. The SMILES string of the molecule is C=Cc1nccc(N2CCC(C(=O)O[P+](=O)O)C2)n1.CC1CCC1. The molecule has 1 aromatic heterocycles. The summed E-state index contributed by atoms with van der Waals surface area (Å²) < 4.78 is 14.8. The molecule has 2 fully saturated rings. The summed E-state index contributed by atoms with van der Waals surface area (Å²) in [5.74, 6) is 1.22. The van der Waals surface area contributed by atoms with Gasteiger partial charge in [0, 0.05) is 23.9 Å². The molecular formula is C16H23N3O4P+. The van der Waals surface area contributed by atoms with E-state index < -0.39 is 20.1 Å². The van der Waals surface area contributed by atoms with E-state index in [0.29, 0.717) is 31.2 Å². The largest absolute Gasteiger partial charge is 0.750 e. The molecule has 1 N–H and O–H groups in total. The van der Waals surface area contributed by atoms with Crippen LogP contribution in [0, 0.1) is 11.8 Å². The summed E-state index contributed by atoms with van der Waals surface area (Å²) >= 11 is 0. The van der Waals surface area contributed by atoms with Crippen molar-refractivity contribution >= 4 is 26.1 Å². The Bertz CT molecular complexity index is 607. The van der Waals surface area contributed by atoms with E-state index in [-0.39, 0.29) is 0 Å². The molecule has 1 aromatic rings. The quantitative estimate of drug-likeness (QED) is 0.833. The van der Waals surface area contributed by atoms with Crippen LogP contribution in [0.5, 0.6) is 0 Å². The van der Waals surface area contributed by atoms with Crippen LogP contribution in [0.2, 0.25) is 0 Å². The van der Waals surface area contributed by atoms with E-state index in [2.05, 4.69) is 28.0 Å². The van der Waals surface area contributed by atoms with Crippen LogP contribution in [0.3, 0.4) is 0 Å². The molecule has 1 saturated heterocycles. The minimum absolute atomic E-state index is 0.409. The van der Waals surface area contributed by atoms with Crippen LogP contribution in [-0.2, 0) is 13.9 Å². The molecule has 2 atom stereocenters. The van der Waals surface area contributed by atoms with E-state index in [4.69, 9.17) is 4.89 Å². The Morgan fingerprint density at radius 1 is 1.50 bits per heavy atom. The van der Waals surface area contributed by atoms with Crippen molar-refractivity contribution in [1.29, 1.82) is 0 Å². The molecule has 1 aliphatic carbocycles. The molecule has 0 aromatic carbocycles. The summed E-state index contributed by atoms with van der Waals surface area (Å²) in [6, 6.07) is 1.74. The Morgan fingerprint density at radius 2 is 2.21 bits per heavy atom. The standard InChI is InChI=1S/C11H12N3O4P.C5H10/c1-2-9-12-5-3-10(13-9)14-6-4-8(7-14)11(15)18-19(16)17;1-5-3-2-4-5/h2-3,5,8H,1,4,6-7H2;5H,2-4H2,1H3/p+1. The van der Waals surface area contributed by atoms with E-state index in [1.807, 2.05) is 4.90 Å². The molecule has 0 spiro atoms. The minimum atomic E-state index is -2.89. The first-order valence-corrected chi connectivity index (χ1v) is 9.21. The van der Waals surface area contributed by atoms with Crippen molar-refractivity contribution in [2.45, 2.75) is 32.6 Å². The number of carbonyl (C=O) groups excluding carboxylic acids is 1. The number of aromatic nitrogens is 2. The lowest BCUT2D eigenvalue weighted by Crippen LogP contribution is -2.24. The van der Waals surface area contributed by atoms with E-state index in [1.165, 1.54) is 19.3 Å². The van der Waals surface area contributed by atoms with Crippen molar-refractivity contribution in [3.8, 4) is 0 Å². The summed E-state index contributed by atoms with van der Waals surface area (Å²) in [5.41, 5.74) is 0. The van der Waals surface area contributed by atoms with Crippen LogP contribution in [0.15, 0.2) is 18.8 Å². The second-order valence-corrected chi connectivity index (χ2v) is 6.75. The van der Waals surface area contributed by atoms with Gasteiger partial charge in [-0.2, -0.15) is 4.52 Å². The maximum Gasteiger partial charge on any atom is 0.750 e. The third-order valence-electron chi connectivity index (χ3n) is 4.25. The highest BCUT2D eigenvalue weighted by Gasteiger charge is 2.35. The first-order chi connectivity index (χ1) is 11.5. The first kappa shape index (κ1) is 18.5. The maximum atomic E-state index is 11.5. The predicted molar refractivity (Wildman–Crippen MR) is 91.4 cm³/mol. The zero-order valence-electron chi connectivity index (χ0n) is 13.8. The number of hydrogen-bond acceptors (Lipinski definition) is 6. The van der Waals surface area contributed by atoms with Crippen molar-refractivity contribution in [2.75, 3.05) is 18.0 Å². The summed E-state index contributed by atoms with van der Waals surface area (Å²) in [5, 5.41) is 0. The van der Waals surface area contributed by atoms with Crippen LogP contribution in [0.4, 0.5) is 5.82 Å². The minimum Gasteiger partial charge on any atom is -0.356 e. The van der Waals surface area contributed by atoms with Crippen LogP contribution in [-0.4, -0.2) is 33.9 Å². The van der Waals surface area contributed by atoms with Crippen LogP contribution >= 0.6 is 8.25 Å². The molecule has 1 aliphatic heterocycles. The fourth-order valence-corrected chi connectivity index (χ4v) is 2.87. The maximum absolute atomic E-state index is 11.5. The number of rotatable bonds is 4. The summed E-state index contributed by atoms with van der Waals surface area (Å²) in [7, 11) is -2.89. The van der Waals surface area contributed by atoms with Crippen molar-refractivity contribution in [1.82, 2.24) is 9.97 Å². The van der Waals surface area contributed by atoms with Crippen molar-refractivity contribution < 1.29 is 18.8 Å². The third kappa shape index (κ3) is 5.35. The lowest BCUT2D eigenvalue weighted by molar-refractivity contribution is -0.138. The van der Waals surface area contributed by atoms with Crippen LogP contribution in [0.1, 0.15) is 38.4 Å². The Balaban J connectivity index is 0.000000355. The van der Waals surface area contributed by atoms with Crippen molar-refractivity contribution in [2.24, 2.45) is 11.8 Å². The molecule has 0 bridgehead atoms. The van der Waals surface area contributed by atoms with Gasteiger partial charge in [-0.05, 0) is 24.5 Å². The van der Waals surface area contributed by atoms with Gasteiger partial charge >= 0.3 is 14.2 Å². The summed E-state index contributed by atoms with van der Waals surface area (Å²) in [6.45, 7) is 6.95. The second kappa shape index (κ2) is 8.85. The van der Waals surface area contributed by atoms with Gasteiger partial charge in [0.15, 0.2) is 5.82 Å². The van der Waals surface area contributed by atoms with E-state index >= 15 is 0 Å². The number of carbonyl (C=O) groups is 1. The molecule has 2 heterocycles. The molecule has 24 heavy (non-hydrogen) atoms. The molecule has 8 heteroatoms. The van der Waals surface area contributed by atoms with E-state index in [0.717, 1.165) is 5.92 Å². The molecule has 0 radical (unpaired) electrons. The van der Waals surface area contributed by atoms with Crippen LogP contribution in [0.25, 0.3) is 6.08 Å². The van der Waals surface area contributed by atoms with Gasteiger partial charge in [-0.25, -0.2) is 14.8 Å². The number of nitrogens with zero attached hydrogens (tertiary/aromatic N) is 3. The van der Waals surface area contributed by atoms with Gasteiger partial charge in [-0.15, -0.1) is 4.89 Å². The zero-order chi connectivity index (χ0) is 17.5. The predicted octanol–water partition coefficient (Wildman–Crippen LogP) is 2.95. The van der Waals surface area contributed by atoms with Gasteiger partial charge < -0.3 is 4.90 Å². The van der Waals surface area contributed by atoms with Gasteiger partial charge in [0.25, 0.3) is 0 Å². The highest BCUT2D eigenvalue weighted by molar-refractivity contribution is 7.32.